The van der Waals surface area contributed by atoms with Gasteiger partial charge in [0.25, 0.3) is 0 Å². The number of piperidine rings is 1. The minimum atomic E-state index is -1.36. The fourth-order valence-corrected chi connectivity index (χ4v) is 3.45. The molecule has 7 heteroatoms. The van der Waals surface area contributed by atoms with Crippen molar-refractivity contribution >= 4 is 5.91 Å². The Balaban J connectivity index is 1.71. The molecule has 2 aliphatic rings. The number of aromatic nitrogens is 1. The highest BCUT2D eigenvalue weighted by Gasteiger charge is 2.55. The highest BCUT2D eigenvalue weighted by atomic mass is 19.1. The molecule has 5 N–H and O–H groups in total. The molecule has 3 atom stereocenters. The minimum absolute atomic E-state index is 0.123. The number of amides is 1. The van der Waals surface area contributed by atoms with Crippen molar-refractivity contribution in [2.24, 2.45) is 23.3 Å². The Bertz CT molecular complexity index is 843. The van der Waals surface area contributed by atoms with Crippen LogP contribution in [0, 0.1) is 17.7 Å². The van der Waals surface area contributed by atoms with Crippen LogP contribution in [0.25, 0.3) is 11.3 Å². The summed E-state index contributed by atoms with van der Waals surface area (Å²) in [5.41, 5.74) is 12.0. The maximum Gasteiger partial charge on any atom is 0.241 e. The third kappa shape index (κ3) is 2.93. The molecule has 2 fully saturated rings. The number of fused-ring (bicyclic) bond motifs is 1. The standard InChI is InChI=1S/C19H21FN4O2/c1-19(22,18(21)25)11-6-15(10-2-4-12(20)5-3-10)24-16(7-11)26-17-13-8-23-9-14(13)17/h2-7,13-14,17,23H,8-9,22H2,1H3,(H2,21,25). The van der Waals surface area contributed by atoms with Crippen molar-refractivity contribution in [1.29, 1.82) is 0 Å². The lowest BCUT2D eigenvalue weighted by Gasteiger charge is -2.22. The molecule has 1 amide bonds. The zero-order valence-corrected chi connectivity index (χ0v) is 14.4. The monoisotopic (exact) mass is 356 g/mol. The van der Waals surface area contributed by atoms with Crippen LogP contribution in [0.3, 0.4) is 0 Å². The van der Waals surface area contributed by atoms with Crippen LogP contribution in [0.1, 0.15) is 12.5 Å². The Kier molecular flexibility index (Phi) is 3.93. The number of benzene rings is 1. The minimum Gasteiger partial charge on any atom is -0.474 e. The molecule has 4 rings (SSSR count). The zero-order valence-electron chi connectivity index (χ0n) is 14.4. The van der Waals surface area contributed by atoms with Gasteiger partial charge in [0.1, 0.15) is 17.5 Å². The number of nitrogens with two attached hydrogens (primary N) is 2. The van der Waals surface area contributed by atoms with Gasteiger partial charge in [0, 0.05) is 36.6 Å². The van der Waals surface area contributed by atoms with Gasteiger partial charge in [0.15, 0.2) is 0 Å². The van der Waals surface area contributed by atoms with E-state index in [1.54, 1.807) is 31.2 Å². The molecule has 1 saturated carbocycles. The maximum atomic E-state index is 13.2. The third-order valence-electron chi connectivity index (χ3n) is 5.32. The second-order valence-corrected chi connectivity index (χ2v) is 7.22. The molecular weight excluding hydrogens is 335 g/mol. The normalized spacial score (nSPS) is 26.0. The number of halogens is 1. The average molecular weight is 356 g/mol. The zero-order chi connectivity index (χ0) is 18.5. The van der Waals surface area contributed by atoms with Crippen LogP contribution < -0.4 is 21.5 Å². The predicted molar refractivity (Wildman–Crippen MR) is 94.6 cm³/mol. The fraction of sp³-hybridized carbons (Fsp3) is 0.368. The van der Waals surface area contributed by atoms with Gasteiger partial charge in [-0.2, -0.15) is 0 Å². The number of pyridine rings is 1. The van der Waals surface area contributed by atoms with Gasteiger partial charge in [-0.25, -0.2) is 9.37 Å². The van der Waals surface area contributed by atoms with E-state index in [2.05, 4.69) is 10.3 Å². The summed E-state index contributed by atoms with van der Waals surface area (Å²) < 4.78 is 19.3. The Morgan fingerprint density at radius 2 is 1.92 bits per heavy atom. The van der Waals surface area contributed by atoms with Gasteiger partial charge >= 0.3 is 0 Å². The Morgan fingerprint density at radius 1 is 1.27 bits per heavy atom. The van der Waals surface area contributed by atoms with Gasteiger partial charge in [-0.3, -0.25) is 4.79 Å². The first-order chi connectivity index (χ1) is 12.4. The molecule has 1 aliphatic carbocycles. The van der Waals surface area contributed by atoms with Gasteiger partial charge in [-0.1, -0.05) is 0 Å². The van der Waals surface area contributed by atoms with Crippen LogP contribution in [0.2, 0.25) is 0 Å². The largest absolute Gasteiger partial charge is 0.474 e. The predicted octanol–water partition coefficient (Wildman–Crippen LogP) is 1.14. The summed E-state index contributed by atoms with van der Waals surface area (Å²) in [6, 6.07) is 9.32. The lowest BCUT2D eigenvalue weighted by atomic mass is 9.92. The van der Waals surface area contributed by atoms with Gasteiger partial charge in [0.2, 0.25) is 11.8 Å². The molecule has 136 valence electrons. The smallest absolute Gasteiger partial charge is 0.241 e. The van der Waals surface area contributed by atoms with E-state index in [1.807, 2.05) is 0 Å². The van der Waals surface area contributed by atoms with E-state index >= 15 is 0 Å². The van der Waals surface area contributed by atoms with Crippen molar-refractivity contribution < 1.29 is 13.9 Å². The summed E-state index contributed by atoms with van der Waals surface area (Å²) in [6.07, 6.45) is 0.123. The average Bonchev–Trinajstić information content (AvgIpc) is 3.03. The first-order valence-electron chi connectivity index (χ1n) is 8.61. The van der Waals surface area contributed by atoms with Crippen molar-refractivity contribution in [3.8, 4) is 17.1 Å². The van der Waals surface area contributed by atoms with E-state index in [4.69, 9.17) is 16.2 Å². The molecule has 1 saturated heterocycles. The topological polar surface area (TPSA) is 103 Å². The van der Waals surface area contributed by atoms with E-state index in [-0.39, 0.29) is 11.9 Å². The van der Waals surface area contributed by atoms with E-state index < -0.39 is 11.4 Å². The number of carbonyl (C=O) groups is 1. The highest BCUT2D eigenvalue weighted by Crippen LogP contribution is 2.44. The van der Waals surface area contributed by atoms with Gasteiger partial charge in [-0.05, 0) is 42.8 Å². The van der Waals surface area contributed by atoms with E-state index in [0.29, 0.717) is 34.5 Å². The Morgan fingerprint density at radius 3 is 2.54 bits per heavy atom. The van der Waals surface area contributed by atoms with Gasteiger partial charge < -0.3 is 21.5 Å². The van der Waals surface area contributed by atoms with Gasteiger partial charge in [0.05, 0.1) is 5.69 Å². The van der Waals surface area contributed by atoms with Crippen molar-refractivity contribution in [3.63, 3.8) is 0 Å². The number of hydrogen-bond acceptors (Lipinski definition) is 5. The van der Waals surface area contributed by atoms with Crippen molar-refractivity contribution in [2.45, 2.75) is 18.6 Å². The fourth-order valence-electron chi connectivity index (χ4n) is 3.45. The molecule has 2 aromatic rings. The van der Waals surface area contributed by atoms with Crippen molar-refractivity contribution in [1.82, 2.24) is 10.3 Å². The van der Waals surface area contributed by atoms with Gasteiger partial charge in [-0.15, -0.1) is 0 Å². The first-order valence-corrected chi connectivity index (χ1v) is 8.61. The van der Waals surface area contributed by atoms with E-state index in [0.717, 1.165) is 13.1 Å². The molecule has 2 heterocycles. The van der Waals surface area contributed by atoms with Crippen molar-refractivity contribution in [3.05, 3.63) is 47.8 Å². The first kappa shape index (κ1) is 16.9. The summed E-state index contributed by atoms with van der Waals surface area (Å²) in [5, 5.41) is 3.31. The van der Waals surface area contributed by atoms with Crippen LogP contribution in [0.5, 0.6) is 5.88 Å². The molecule has 0 bridgehead atoms. The molecule has 0 spiro atoms. The lowest BCUT2D eigenvalue weighted by Crippen LogP contribution is -2.46. The highest BCUT2D eigenvalue weighted by molar-refractivity contribution is 5.86. The Hall–Kier alpha value is -2.51. The number of carbonyl (C=O) groups excluding carboxylic acids is 1. The molecule has 0 radical (unpaired) electrons. The number of hydrogen-bond donors (Lipinski definition) is 3. The van der Waals surface area contributed by atoms with Crippen LogP contribution in [-0.4, -0.2) is 30.1 Å². The third-order valence-corrected chi connectivity index (χ3v) is 5.32. The van der Waals surface area contributed by atoms with Crippen LogP contribution in [0.15, 0.2) is 36.4 Å². The summed E-state index contributed by atoms with van der Waals surface area (Å²) in [5.74, 6) is 0.414. The number of rotatable bonds is 5. The van der Waals surface area contributed by atoms with Crippen LogP contribution >= 0.6 is 0 Å². The second kappa shape index (κ2) is 6.03. The summed E-state index contributed by atoms with van der Waals surface area (Å²) in [4.78, 5) is 16.3. The van der Waals surface area contributed by atoms with E-state index in [9.17, 15) is 9.18 Å². The summed E-state index contributed by atoms with van der Waals surface area (Å²) >= 11 is 0. The molecule has 3 unspecified atom stereocenters. The summed E-state index contributed by atoms with van der Waals surface area (Å²) in [7, 11) is 0. The number of primary amides is 1. The molecular formula is C19H21FN4O2. The van der Waals surface area contributed by atoms with E-state index in [1.165, 1.54) is 12.1 Å². The molecule has 1 aromatic carbocycles. The molecule has 6 nitrogen and oxygen atoms in total. The Labute approximate surface area is 150 Å². The lowest BCUT2D eigenvalue weighted by molar-refractivity contribution is -0.122. The second-order valence-electron chi connectivity index (χ2n) is 7.22. The maximum absolute atomic E-state index is 13.2. The summed E-state index contributed by atoms with van der Waals surface area (Å²) in [6.45, 7) is 3.43. The molecule has 1 aliphatic heterocycles. The van der Waals surface area contributed by atoms with Crippen molar-refractivity contribution in [2.75, 3.05) is 13.1 Å². The molecule has 1 aromatic heterocycles. The number of nitrogens with one attached hydrogen (secondary N) is 1. The number of ether oxygens (including phenoxy) is 1. The SMILES string of the molecule is CC(N)(C(N)=O)c1cc(OC2C3CNCC32)nc(-c2ccc(F)cc2)c1. The molecule has 26 heavy (non-hydrogen) atoms. The quantitative estimate of drug-likeness (QED) is 0.745. The number of nitrogens with zero attached hydrogens (tertiary/aromatic N) is 1. The van der Waals surface area contributed by atoms with Crippen LogP contribution in [0.4, 0.5) is 4.39 Å². The van der Waals surface area contributed by atoms with Crippen LogP contribution in [-0.2, 0) is 10.3 Å².